The maximum Gasteiger partial charge on any atom is 0.256 e. The number of alkyl halides is 2. The zero-order valence-corrected chi connectivity index (χ0v) is 16.7. The third kappa shape index (κ3) is 5.60. The fourth-order valence-electron chi connectivity index (χ4n) is 2.45. The standard InChI is InChI=1S/C17H20F2NO3.Y/c1-12-10-13(23-9-8-22-2)6-7-14(12)15-4-3-5-17(21)20(15)11-16(18)19;/h6-7,10,16H,3,5,8-9,11H2,1-2H3;/q-1;. The van der Waals surface area contributed by atoms with Gasteiger partial charge in [-0.3, -0.25) is 4.79 Å². The Morgan fingerprint density at radius 3 is 2.71 bits per heavy atom. The maximum absolute atomic E-state index is 12.8. The molecule has 1 aliphatic rings. The van der Waals surface area contributed by atoms with Crippen LogP contribution in [0.4, 0.5) is 8.78 Å². The number of aryl methyl sites for hydroxylation is 1. The van der Waals surface area contributed by atoms with Crippen LogP contribution >= 0.6 is 0 Å². The van der Waals surface area contributed by atoms with Gasteiger partial charge < -0.3 is 14.4 Å². The molecule has 4 nitrogen and oxygen atoms in total. The first-order valence-electron chi connectivity index (χ1n) is 7.45. The number of hydrogen-bond donors (Lipinski definition) is 0. The summed E-state index contributed by atoms with van der Waals surface area (Å²) in [7, 11) is 1.59. The van der Waals surface area contributed by atoms with Crippen molar-refractivity contribution in [3.8, 4) is 5.75 Å². The molecule has 129 valence electrons. The first kappa shape index (κ1) is 21.2. The predicted molar refractivity (Wildman–Crippen MR) is 82.2 cm³/mol. The molecule has 1 aromatic carbocycles. The summed E-state index contributed by atoms with van der Waals surface area (Å²) in [5.74, 6) is 0.380. The Balaban J connectivity index is 0.00000288. The number of amides is 1. The van der Waals surface area contributed by atoms with Crippen LogP contribution in [0, 0.1) is 13.0 Å². The van der Waals surface area contributed by atoms with E-state index < -0.39 is 13.0 Å². The van der Waals surface area contributed by atoms with Crippen molar-refractivity contribution in [1.82, 2.24) is 4.90 Å². The first-order chi connectivity index (χ1) is 11.0. The van der Waals surface area contributed by atoms with Crippen LogP contribution < -0.4 is 4.74 Å². The molecule has 0 saturated heterocycles. The number of nitrogens with zero attached hydrogens (tertiary/aromatic N) is 1. The molecule has 1 aliphatic heterocycles. The van der Waals surface area contributed by atoms with Crippen molar-refractivity contribution in [2.45, 2.75) is 26.2 Å². The summed E-state index contributed by atoms with van der Waals surface area (Å²) in [6, 6.07) is 5.35. The SMILES string of the molecule is COCCOc1ccc(C2=[C-]CCC(=O)N2CC(F)F)c(C)c1.[Y]. The average Bonchev–Trinajstić information content (AvgIpc) is 2.50. The molecule has 0 saturated carbocycles. The van der Waals surface area contributed by atoms with Crippen molar-refractivity contribution >= 4 is 11.6 Å². The number of halogens is 2. The van der Waals surface area contributed by atoms with Crippen LogP contribution in [0.15, 0.2) is 18.2 Å². The summed E-state index contributed by atoms with van der Waals surface area (Å²) in [6.07, 6.45) is 1.14. The summed E-state index contributed by atoms with van der Waals surface area (Å²) in [5, 5.41) is 0. The van der Waals surface area contributed by atoms with Crippen LogP contribution in [0.2, 0.25) is 0 Å². The van der Waals surface area contributed by atoms with E-state index >= 15 is 0 Å². The summed E-state index contributed by atoms with van der Waals surface area (Å²) in [5.41, 5.74) is 2.00. The molecule has 0 atom stereocenters. The van der Waals surface area contributed by atoms with Crippen molar-refractivity contribution in [3.05, 3.63) is 35.4 Å². The van der Waals surface area contributed by atoms with E-state index in [2.05, 4.69) is 6.08 Å². The molecule has 0 N–H and O–H groups in total. The van der Waals surface area contributed by atoms with Gasteiger partial charge in [-0.1, -0.05) is 6.92 Å². The second kappa shape index (κ2) is 10.2. The van der Waals surface area contributed by atoms with Gasteiger partial charge in [0.25, 0.3) is 6.43 Å². The van der Waals surface area contributed by atoms with Crippen molar-refractivity contribution < 1.29 is 55.8 Å². The molecular formula is C17H20F2NO3Y-. The number of hydrogen-bond acceptors (Lipinski definition) is 3. The number of ether oxygens (including phenoxy) is 2. The molecule has 1 amide bonds. The molecule has 0 spiro atoms. The molecule has 0 aliphatic carbocycles. The van der Waals surface area contributed by atoms with Gasteiger partial charge in [0, 0.05) is 46.2 Å². The van der Waals surface area contributed by atoms with E-state index in [0.29, 0.717) is 31.1 Å². The van der Waals surface area contributed by atoms with Crippen molar-refractivity contribution in [2.24, 2.45) is 0 Å². The third-order valence-electron chi connectivity index (χ3n) is 3.53. The quantitative estimate of drug-likeness (QED) is 0.510. The third-order valence-corrected chi connectivity index (χ3v) is 3.53. The summed E-state index contributed by atoms with van der Waals surface area (Å²) in [6.45, 7) is 2.16. The average molecular weight is 413 g/mol. The predicted octanol–water partition coefficient (Wildman–Crippen LogP) is 3.05. The molecule has 7 heteroatoms. The van der Waals surface area contributed by atoms with E-state index in [0.717, 1.165) is 16.0 Å². The van der Waals surface area contributed by atoms with Crippen molar-refractivity contribution in [1.29, 1.82) is 0 Å². The number of benzene rings is 1. The summed E-state index contributed by atoms with van der Waals surface area (Å²) >= 11 is 0. The number of carbonyl (C=O) groups excluding carboxylic acids is 1. The van der Waals surface area contributed by atoms with Crippen LogP contribution in [-0.4, -0.2) is 44.1 Å². The first-order valence-corrected chi connectivity index (χ1v) is 7.45. The Bertz CT molecular complexity index is 593. The van der Waals surface area contributed by atoms with E-state index in [4.69, 9.17) is 9.47 Å². The molecule has 0 unspecified atom stereocenters. The van der Waals surface area contributed by atoms with Crippen LogP contribution in [0.25, 0.3) is 5.70 Å². The fraction of sp³-hybridized carbons (Fsp3) is 0.471. The minimum absolute atomic E-state index is 0. The largest absolute Gasteiger partial charge is 0.491 e. The zero-order valence-electron chi connectivity index (χ0n) is 13.9. The van der Waals surface area contributed by atoms with Crippen molar-refractivity contribution in [2.75, 3.05) is 26.9 Å². The number of carbonyl (C=O) groups is 1. The molecule has 0 bridgehead atoms. The Hall–Kier alpha value is -0.846. The van der Waals surface area contributed by atoms with Gasteiger partial charge in [0.05, 0.1) is 13.2 Å². The van der Waals surface area contributed by atoms with E-state index in [1.54, 1.807) is 19.2 Å². The Morgan fingerprint density at radius 1 is 1.33 bits per heavy atom. The van der Waals surface area contributed by atoms with Crippen LogP contribution in [0.5, 0.6) is 5.75 Å². The van der Waals surface area contributed by atoms with Gasteiger partial charge in [-0.05, 0) is 12.1 Å². The van der Waals surface area contributed by atoms with E-state index in [9.17, 15) is 13.6 Å². The van der Waals surface area contributed by atoms with Crippen LogP contribution in [0.3, 0.4) is 0 Å². The number of allylic oxidation sites excluding steroid dienone is 1. The zero-order chi connectivity index (χ0) is 16.8. The van der Waals surface area contributed by atoms with Crippen LogP contribution in [0.1, 0.15) is 24.0 Å². The van der Waals surface area contributed by atoms with Gasteiger partial charge in [0.1, 0.15) is 12.4 Å². The van der Waals surface area contributed by atoms with Gasteiger partial charge in [-0.15, -0.1) is 29.3 Å². The monoisotopic (exact) mass is 413 g/mol. The van der Waals surface area contributed by atoms with Gasteiger partial charge in [0.2, 0.25) is 5.91 Å². The van der Waals surface area contributed by atoms with Gasteiger partial charge in [-0.25, -0.2) is 14.9 Å². The van der Waals surface area contributed by atoms with E-state index in [1.807, 2.05) is 13.0 Å². The maximum atomic E-state index is 12.8. The minimum Gasteiger partial charge on any atom is -0.491 e. The Morgan fingerprint density at radius 2 is 2.08 bits per heavy atom. The van der Waals surface area contributed by atoms with Gasteiger partial charge >= 0.3 is 0 Å². The molecule has 2 rings (SSSR count). The molecule has 1 radical (unpaired) electrons. The van der Waals surface area contributed by atoms with Gasteiger partial charge in [0.15, 0.2) is 0 Å². The molecule has 1 aromatic rings. The summed E-state index contributed by atoms with van der Waals surface area (Å²) < 4.78 is 36.0. The molecular weight excluding hydrogens is 393 g/mol. The fourth-order valence-corrected chi connectivity index (χ4v) is 2.45. The van der Waals surface area contributed by atoms with E-state index in [1.165, 1.54) is 0 Å². The second-order valence-electron chi connectivity index (χ2n) is 5.24. The molecule has 1 heterocycles. The normalized spacial score (nSPS) is 14.5. The Kier molecular flexibility index (Phi) is 9.02. The Labute approximate surface area is 166 Å². The minimum atomic E-state index is -2.58. The molecule has 0 fully saturated rings. The second-order valence-corrected chi connectivity index (χ2v) is 5.24. The van der Waals surface area contributed by atoms with Crippen LogP contribution in [-0.2, 0) is 42.2 Å². The van der Waals surface area contributed by atoms with Gasteiger partial charge in [-0.2, -0.15) is 0 Å². The van der Waals surface area contributed by atoms with Crippen molar-refractivity contribution in [3.63, 3.8) is 0 Å². The molecule has 24 heavy (non-hydrogen) atoms. The summed E-state index contributed by atoms with van der Waals surface area (Å²) in [4.78, 5) is 13.1. The smallest absolute Gasteiger partial charge is 0.256 e. The number of rotatable bonds is 7. The molecule has 0 aromatic heterocycles. The number of methoxy groups -OCH3 is 1. The topological polar surface area (TPSA) is 38.8 Å². The van der Waals surface area contributed by atoms with E-state index in [-0.39, 0.29) is 45.0 Å².